The molecule has 1 aliphatic rings. The molecule has 1 amide bonds. The molecule has 0 atom stereocenters. The number of nitrogens with zero attached hydrogens (tertiary/aromatic N) is 3. The highest BCUT2D eigenvalue weighted by molar-refractivity contribution is 5.95. The molecule has 7 nitrogen and oxygen atoms in total. The normalized spacial score (nSPS) is 14.8. The number of ether oxygens (including phenoxy) is 2. The number of rotatable bonds is 6. The molecule has 1 saturated heterocycles. The van der Waals surface area contributed by atoms with E-state index in [9.17, 15) is 4.79 Å². The molecule has 0 spiro atoms. The van der Waals surface area contributed by atoms with Crippen LogP contribution >= 0.6 is 0 Å². The second kappa shape index (κ2) is 7.70. The second-order valence-electron chi connectivity index (χ2n) is 4.56. The standard InChI is InChI=1S/C14H20N4O3/c1-3-4-15-13(19)11-9-16-14(17-12(11)10-20-2)18-5-7-21-8-6-18/h3,9H,1,4-8,10H2,2H3,(H,15,19). The Kier molecular flexibility index (Phi) is 5.65. The van der Waals surface area contributed by atoms with Crippen LogP contribution in [0.2, 0.25) is 0 Å². The second-order valence-corrected chi connectivity index (χ2v) is 4.56. The Labute approximate surface area is 124 Å². The Morgan fingerprint density at radius 1 is 1.57 bits per heavy atom. The van der Waals surface area contributed by atoms with Crippen LogP contribution in [0.25, 0.3) is 0 Å². The van der Waals surface area contributed by atoms with Gasteiger partial charge < -0.3 is 19.7 Å². The van der Waals surface area contributed by atoms with E-state index in [1.807, 2.05) is 4.90 Å². The Morgan fingerprint density at radius 2 is 2.33 bits per heavy atom. The Bertz CT molecular complexity index is 501. The molecule has 0 aromatic carbocycles. The van der Waals surface area contributed by atoms with E-state index in [0.717, 1.165) is 13.1 Å². The summed E-state index contributed by atoms with van der Waals surface area (Å²) in [6.07, 6.45) is 3.17. The number of nitrogens with one attached hydrogen (secondary N) is 1. The van der Waals surface area contributed by atoms with E-state index in [0.29, 0.717) is 37.0 Å². The minimum atomic E-state index is -0.226. The molecule has 1 fully saturated rings. The van der Waals surface area contributed by atoms with Crippen molar-refractivity contribution in [2.45, 2.75) is 6.61 Å². The topological polar surface area (TPSA) is 76.6 Å². The number of carbonyl (C=O) groups excluding carboxylic acids is 1. The molecule has 0 bridgehead atoms. The van der Waals surface area contributed by atoms with Crippen molar-refractivity contribution < 1.29 is 14.3 Å². The lowest BCUT2D eigenvalue weighted by Gasteiger charge is -2.27. The minimum Gasteiger partial charge on any atom is -0.378 e. The molecular weight excluding hydrogens is 272 g/mol. The number of hydrogen-bond acceptors (Lipinski definition) is 6. The van der Waals surface area contributed by atoms with Crippen LogP contribution in [0.1, 0.15) is 16.1 Å². The van der Waals surface area contributed by atoms with Crippen LogP contribution < -0.4 is 10.2 Å². The first-order valence-electron chi connectivity index (χ1n) is 6.83. The molecule has 1 N–H and O–H groups in total. The number of amides is 1. The molecule has 7 heteroatoms. The number of morpholine rings is 1. The molecular formula is C14H20N4O3. The van der Waals surface area contributed by atoms with Crippen LogP contribution in [0.3, 0.4) is 0 Å². The Morgan fingerprint density at radius 3 is 3.00 bits per heavy atom. The average Bonchev–Trinajstić information content (AvgIpc) is 2.53. The predicted octanol–water partition coefficient (Wildman–Crippen LogP) is 0.375. The first kappa shape index (κ1) is 15.4. The summed E-state index contributed by atoms with van der Waals surface area (Å²) in [5.74, 6) is 0.376. The largest absolute Gasteiger partial charge is 0.378 e. The fourth-order valence-corrected chi connectivity index (χ4v) is 2.02. The highest BCUT2D eigenvalue weighted by Crippen LogP contribution is 2.14. The summed E-state index contributed by atoms with van der Waals surface area (Å²) in [5, 5.41) is 2.72. The van der Waals surface area contributed by atoms with Crippen LogP contribution in [0.15, 0.2) is 18.9 Å². The molecule has 0 unspecified atom stereocenters. The summed E-state index contributed by atoms with van der Waals surface area (Å²) in [4.78, 5) is 22.8. The van der Waals surface area contributed by atoms with Crippen molar-refractivity contribution in [3.63, 3.8) is 0 Å². The van der Waals surface area contributed by atoms with E-state index in [4.69, 9.17) is 9.47 Å². The molecule has 0 aliphatic carbocycles. The van der Waals surface area contributed by atoms with E-state index in [1.54, 1.807) is 19.4 Å². The fraction of sp³-hybridized carbons (Fsp3) is 0.500. The van der Waals surface area contributed by atoms with Gasteiger partial charge in [0.2, 0.25) is 5.95 Å². The summed E-state index contributed by atoms with van der Waals surface area (Å²) in [5.41, 5.74) is 1.01. The molecule has 1 aliphatic heterocycles. The zero-order valence-corrected chi connectivity index (χ0v) is 12.2. The monoisotopic (exact) mass is 292 g/mol. The molecule has 2 rings (SSSR count). The van der Waals surface area contributed by atoms with Gasteiger partial charge in [0.05, 0.1) is 31.1 Å². The van der Waals surface area contributed by atoms with E-state index in [-0.39, 0.29) is 12.5 Å². The van der Waals surface area contributed by atoms with E-state index >= 15 is 0 Å². The maximum absolute atomic E-state index is 12.1. The quantitative estimate of drug-likeness (QED) is 0.764. The maximum atomic E-state index is 12.1. The van der Waals surface area contributed by atoms with Gasteiger partial charge in [0, 0.05) is 32.9 Å². The van der Waals surface area contributed by atoms with Gasteiger partial charge in [-0.15, -0.1) is 6.58 Å². The highest BCUT2D eigenvalue weighted by atomic mass is 16.5. The Balaban J connectivity index is 2.21. The summed E-state index contributed by atoms with van der Waals surface area (Å²) in [6.45, 7) is 7.03. The van der Waals surface area contributed by atoms with Crippen molar-refractivity contribution in [1.82, 2.24) is 15.3 Å². The van der Waals surface area contributed by atoms with Gasteiger partial charge in [-0.05, 0) is 0 Å². The molecule has 2 heterocycles. The minimum absolute atomic E-state index is 0.226. The average molecular weight is 292 g/mol. The first-order chi connectivity index (χ1) is 10.3. The zero-order valence-electron chi connectivity index (χ0n) is 12.2. The van der Waals surface area contributed by atoms with Gasteiger partial charge in [0.25, 0.3) is 5.91 Å². The van der Waals surface area contributed by atoms with Crippen LogP contribution in [-0.2, 0) is 16.1 Å². The fourth-order valence-electron chi connectivity index (χ4n) is 2.02. The SMILES string of the molecule is C=CCNC(=O)c1cnc(N2CCOCC2)nc1COC. The summed E-state index contributed by atoms with van der Waals surface area (Å²) >= 11 is 0. The van der Waals surface area contributed by atoms with Gasteiger partial charge in [0.1, 0.15) is 0 Å². The number of carbonyl (C=O) groups is 1. The summed E-state index contributed by atoms with van der Waals surface area (Å²) < 4.78 is 10.4. The highest BCUT2D eigenvalue weighted by Gasteiger charge is 2.18. The number of methoxy groups -OCH3 is 1. The molecule has 114 valence electrons. The molecule has 1 aromatic heterocycles. The van der Waals surface area contributed by atoms with E-state index < -0.39 is 0 Å². The predicted molar refractivity (Wildman–Crippen MR) is 78.3 cm³/mol. The van der Waals surface area contributed by atoms with Crippen LogP contribution in [0.5, 0.6) is 0 Å². The van der Waals surface area contributed by atoms with Crippen molar-refractivity contribution in [3.8, 4) is 0 Å². The summed E-state index contributed by atoms with van der Waals surface area (Å²) in [7, 11) is 1.57. The maximum Gasteiger partial charge on any atom is 0.255 e. The lowest BCUT2D eigenvalue weighted by molar-refractivity contribution is 0.0951. The van der Waals surface area contributed by atoms with Gasteiger partial charge >= 0.3 is 0 Å². The molecule has 1 aromatic rings. The number of hydrogen-bond donors (Lipinski definition) is 1. The molecule has 0 saturated carbocycles. The summed E-state index contributed by atoms with van der Waals surface area (Å²) in [6, 6.07) is 0. The van der Waals surface area contributed by atoms with Crippen LogP contribution in [0.4, 0.5) is 5.95 Å². The molecule has 21 heavy (non-hydrogen) atoms. The van der Waals surface area contributed by atoms with Crippen LogP contribution in [0, 0.1) is 0 Å². The number of anilines is 1. The van der Waals surface area contributed by atoms with Crippen molar-refractivity contribution >= 4 is 11.9 Å². The van der Waals surface area contributed by atoms with Gasteiger partial charge in [-0.25, -0.2) is 9.97 Å². The van der Waals surface area contributed by atoms with Gasteiger partial charge in [-0.3, -0.25) is 4.79 Å². The zero-order chi connectivity index (χ0) is 15.1. The van der Waals surface area contributed by atoms with Crippen molar-refractivity contribution in [1.29, 1.82) is 0 Å². The van der Waals surface area contributed by atoms with Crippen molar-refractivity contribution in [3.05, 3.63) is 30.1 Å². The number of aromatic nitrogens is 2. The third-order valence-electron chi connectivity index (χ3n) is 3.08. The third-order valence-corrected chi connectivity index (χ3v) is 3.08. The lowest BCUT2D eigenvalue weighted by Crippen LogP contribution is -2.37. The first-order valence-corrected chi connectivity index (χ1v) is 6.83. The Hall–Kier alpha value is -1.99. The smallest absolute Gasteiger partial charge is 0.255 e. The lowest BCUT2D eigenvalue weighted by atomic mass is 10.2. The van der Waals surface area contributed by atoms with Gasteiger partial charge in [-0.1, -0.05) is 6.08 Å². The van der Waals surface area contributed by atoms with Crippen molar-refractivity contribution in [2.24, 2.45) is 0 Å². The van der Waals surface area contributed by atoms with Crippen molar-refractivity contribution in [2.75, 3.05) is 44.9 Å². The molecule has 0 radical (unpaired) electrons. The van der Waals surface area contributed by atoms with E-state index in [2.05, 4.69) is 21.9 Å². The van der Waals surface area contributed by atoms with Crippen LogP contribution in [-0.4, -0.2) is 55.8 Å². The van der Waals surface area contributed by atoms with E-state index in [1.165, 1.54) is 0 Å². The van der Waals surface area contributed by atoms with Gasteiger partial charge in [-0.2, -0.15) is 0 Å². The van der Waals surface area contributed by atoms with Gasteiger partial charge in [0.15, 0.2) is 0 Å². The third kappa shape index (κ3) is 3.99.